The number of methoxy groups -OCH3 is 2. The number of benzene rings is 1. The van der Waals surface area contributed by atoms with Gasteiger partial charge >= 0.3 is 11.9 Å². The number of piperidine rings is 1. The van der Waals surface area contributed by atoms with Crippen LogP contribution in [0.5, 0.6) is 0 Å². The molecule has 3 aliphatic rings. The third-order valence-corrected chi connectivity index (χ3v) is 6.57. The Labute approximate surface area is 194 Å². The first-order valence-electron chi connectivity index (χ1n) is 11.4. The second-order valence-electron chi connectivity index (χ2n) is 8.74. The molecule has 0 N–H and O–H groups in total. The number of hydrogen-bond acceptors (Lipinski definition) is 6. The molecule has 4 rings (SSSR count). The molecule has 7 heteroatoms. The fourth-order valence-electron chi connectivity index (χ4n) is 4.58. The van der Waals surface area contributed by atoms with Crippen LogP contribution < -0.4 is 4.90 Å². The molecule has 0 atom stereocenters. The van der Waals surface area contributed by atoms with Crippen molar-refractivity contribution in [1.82, 2.24) is 4.90 Å². The Morgan fingerprint density at radius 2 is 1.64 bits per heavy atom. The first kappa shape index (κ1) is 22.8. The number of carbonyl (C=O) groups excluding carboxylic acids is 3. The molecule has 0 bridgehead atoms. The lowest BCUT2D eigenvalue weighted by atomic mass is 9.88. The predicted molar refractivity (Wildman–Crippen MR) is 124 cm³/mol. The maximum atomic E-state index is 12.7. The van der Waals surface area contributed by atoms with Gasteiger partial charge in [-0.15, -0.1) is 0 Å². The molecular weight excluding hydrogens is 420 g/mol. The zero-order chi connectivity index (χ0) is 23.5. The van der Waals surface area contributed by atoms with Crippen molar-refractivity contribution in [3.05, 3.63) is 65.0 Å². The molecule has 0 radical (unpaired) electrons. The summed E-state index contributed by atoms with van der Waals surface area (Å²) in [7, 11) is 2.57. The van der Waals surface area contributed by atoms with Crippen molar-refractivity contribution >= 4 is 23.5 Å². The second kappa shape index (κ2) is 9.65. The first-order valence-corrected chi connectivity index (χ1v) is 11.4. The summed E-state index contributed by atoms with van der Waals surface area (Å²) in [5, 5.41) is 0. The highest BCUT2D eigenvalue weighted by Crippen LogP contribution is 2.36. The van der Waals surface area contributed by atoms with Gasteiger partial charge in [-0.3, -0.25) is 4.79 Å². The van der Waals surface area contributed by atoms with Gasteiger partial charge in [-0.1, -0.05) is 18.2 Å². The first-order chi connectivity index (χ1) is 15.9. The molecular formula is C26H30N2O5. The second-order valence-corrected chi connectivity index (χ2v) is 8.74. The van der Waals surface area contributed by atoms with Crippen molar-refractivity contribution in [3.63, 3.8) is 0 Å². The Morgan fingerprint density at radius 3 is 2.24 bits per heavy atom. The summed E-state index contributed by atoms with van der Waals surface area (Å²) in [4.78, 5) is 41.1. The Hall–Kier alpha value is -3.35. The van der Waals surface area contributed by atoms with Crippen LogP contribution in [0.25, 0.3) is 0 Å². The molecule has 1 aromatic carbocycles. The van der Waals surface area contributed by atoms with Gasteiger partial charge in [0.15, 0.2) is 0 Å². The topological polar surface area (TPSA) is 76.2 Å². The number of anilines is 1. The maximum absolute atomic E-state index is 12.7. The van der Waals surface area contributed by atoms with Crippen LogP contribution in [0.15, 0.2) is 53.9 Å². The molecule has 0 spiro atoms. The number of carbonyl (C=O) groups is 3. The van der Waals surface area contributed by atoms with Gasteiger partial charge in [0.25, 0.3) is 0 Å². The van der Waals surface area contributed by atoms with Crippen LogP contribution in [0.4, 0.5) is 5.69 Å². The van der Waals surface area contributed by atoms with Gasteiger partial charge in [-0.25, -0.2) is 9.59 Å². The number of hydrogen-bond donors (Lipinski definition) is 0. The van der Waals surface area contributed by atoms with E-state index in [0.29, 0.717) is 11.8 Å². The van der Waals surface area contributed by atoms with Crippen molar-refractivity contribution in [2.45, 2.75) is 38.5 Å². The highest BCUT2D eigenvalue weighted by Gasteiger charge is 2.35. The molecule has 2 fully saturated rings. The lowest BCUT2D eigenvalue weighted by molar-refractivity contribution is -0.139. The monoisotopic (exact) mass is 450 g/mol. The molecule has 174 valence electrons. The zero-order valence-corrected chi connectivity index (χ0v) is 19.4. The molecule has 1 saturated carbocycles. The van der Waals surface area contributed by atoms with Crippen molar-refractivity contribution < 1.29 is 23.9 Å². The lowest BCUT2D eigenvalue weighted by Gasteiger charge is -2.33. The standard InChI is InChI=1S/C26H30N2O5/c1-17-16-20(18-11-14-27(15-12-18)24(29)19-7-8-19)9-10-22(17)28-13-5-4-6-21(25(30)32-2)23(28)26(31)33-3/h4-6,9-10,13,16,18-19H,7-8,11-12,14-15H2,1-3H3. The van der Waals surface area contributed by atoms with Gasteiger partial charge in [-0.05, 0) is 67.9 Å². The maximum Gasteiger partial charge on any atom is 0.355 e. The summed E-state index contributed by atoms with van der Waals surface area (Å²) >= 11 is 0. The Kier molecular flexibility index (Phi) is 6.67. The van der Waals surface area contributed by atoms with Gasteiger partial charge in [0.1, 0.15) is 5.70 Å². The van der Waals surface area contributed by atoms with Crippen molar-refractivity contribution in [2.75, 3.05) is 32.2 Å². The summed E-state index contributed by atoms with van der Waals surface area (Å²) in [6.45, 7) is 3.60. The van der Waals surface area contributed by atoms with Crippen LogP contribution in [-0.4, -0.2) is 50.1 Å². The van der Waals surface area contributed by atoms with E-state index in [1.54, 1.807) is 29.3 Å². The molecule has 2 heterocycles. The highest BCUT2D eigenvalue weighted by atomic mass is 16.5. The van der Waals surface area contributed by atoms with E-state index < -0.39 is 11.9 Å². The average Bonchev–Trinajstić information content (AvgIpc) is 3.70. The number of ether oxygens (including phenoxy) is 2. The van der Waals surface area contributed by atoms with Crippen molar-refractivity contribution in [1.29, 1.82) is 0 Å². The smallest absolute Gasteiger partial charge is 0.355 e. The summed E-state index contributed by atoms with van der Waals surface area (Å²) in [5.41, 5.74) is 3.22. The molecule has 2 aliphatic heterocycles. The van der Waals surface area contributed by atoms with E-state index in [2.05, 4.69) is 12.1 Å². The predicted octanol–water partition coefficient (Wildman–Crippen LogP) is 3.60. The minimum Gasteiger partial charge on any atom is -0.465 e. The van der Waals surface area contributed by atoms with E-state index >= 15 is 0 Å². The van der Waals surface area contributed by atoms with E-state index in [0.717, 1.165) is 50.0 Å². The SMILES string of the molecule is COC(=O)C1=C(C(=O)OC)N(c2ccc(C3CCN(C(=O)C4CC4)CC3)cc2C)C=CC=C1. The van der Waals surface area contributed by atoms with Gasteiger partial charge in [-0.2, -0.15) is 0 Å². The van der Waals surface area contributed by atoms with Gasteiger partial charge in [0.2, 0.25) is 5.91 Å². The largest absolute Gasteiger partial charge is 0.465 e. The molecule has 1 amide bonds. The Balaban J connectivity index is 1.58. The average molecular weight is 451 g/mol. The fraction of sp³-hybridized carbons (Fsp3) is 0.423. The van der Waals surface area contributed by atoms with E-state index in [1.807, 2.05) is 17.9 Å². The van der Waals surface area contributed by atoms with Crippen LogP contribution in [0, 0.1) is 12.8 Å². The zero-order valence-electron chi connectivity index (χ0n) is 19.4. The number of nitrogens with zero attached hydrogens (tertiary/aromatic N) is 2. The quantitative estimate of drug-likeness (QED) is 0.638. The highest BCUT2D eigenvalue weighted by molar-refractivity contribution is 6.05. The fourth-order valence-corrected chi connectivity index (χ4v) is 4.58. The number of esters is 2. The van der Waals surface area contributed by atoms with Gasteiger partial charge in [0, 0.05) is 30.9 Å². The summed E-state index contributed by atoms with van der Waals surface area (Å²) in [6.07, 6.45) is 10.7. The summed E-state index contributed by atoms with van der Waals surface area (Å²) in [6, 6.07) is 6.18. The molecule has 1 saturated heterocycles. The van der Waals surface area contributed by atoms with Gasteiger partial charge < -0.3 is 19.3 Å². The van der Waals surface area contributed by atoms with Crippen LogP contribution in [-0.2, 0) is 23.9 Å². The van der Waals surface area contributed by atoms with Crippen LogP contribution in [0.3, 0.4) is 0 Å². The molecule has 1 aliphatic carbocycles. The molecule has 0 unspecified atom stereocenters. The minimum atomic E-state index is -0.622. The summed E-state index contributed by atoms with van der Waals surface area (Å²) in [5.74, 6) is -0.246. The molecule has 0 aromatic heterocycles. The van der Waals surface area contributed by atoms with Crippen LogP contribution in [0.2, 0.25) is 0 Å². The number of amides is 1. The molecule has 7 nitrogen and oxygen atoms in total. The number of allylic oxidation sites excluding steroid dienone is 2. The molecule has 33 heavy (non-hydrogen) atoms. The number of aryl methyl sites for hydroxylation is 1. The number of likely N-dealkylation sites (tertiary alicyclic amines) is 1. The summed E-state index contributed by atoms with van der Waals surface area (Å²) < 4.78 is 9.87. The minimum absolute atomic E-state index is 0.108. The normalized spacial score (nSPS) is 18.9. The number of rotatable bonds is 5. The molecule has 1 aromatic rings. The third-order valence-electron chi connectivity index (χ3n) is 6.57. The Morgan fingerprint density at radius 1 is 0.939 bits per heavy atom. The van der Waals surface area contributed by atoms with Crippen LogP contribution >= 0.6 is 0 Å². The van der Waals surface area contributed by atoms with Crippen LogP contribution in [0.1, 0.15) is 42.7 Å². The third kappa shape index (κ3) is 4.72. The van der Waals surface area contributed by atoms with Crippen molar-refractivity contribution in [3.8, 4) is 0 Å². The van der Waals surface area contributed by atoms with E-state index in [9.17, 15) is 14.4 Å². The Bertz CT molecular complexity index is 1040. The van der Waals surface area contributed by atoms with Crippen molar-refractivity contribution in [2.24, 2.45) is 5.92 Å². The lowest BCUT2D eigenvalue weighted by Crippen LogP contribution is -2.38. The van der Waals surface area contributed by atoms with E-state index in [1.165, 1.54) is 19.8 Å². The van der Waals surface area contributed by atoms with E-state index in [4.69, 9.17) is 9.47 Å². The van der Waals surface area contributed by atoms with Gasteiger partial charge in [0.05, 0.1) is 19.8 Å². The van der Waals surface area contributed by atoms with E-state index in [-0.39, 0.29) is 17.2 Å².